The summed E-state index contributed by atoms with van der Waals surface area (Å²) >= 11 is 0. The van der Waals surface area contributed by atoms with Crippen LogP contribution in [-0.2, 0) is 0 Å². The summed E-state index contributed by atoms with van der Waals surface area (Å²) in [6, 6.07) is 7.52. The molecule has 1 aromatic carbocycles. The fourth-order valence-corrected chi connectivity index (χ4v) is 2.59. The lowest BCUT2D eigenvalue weighted by molar-refractivity contribution is 0.474. The highest BCUT2D eigenvalue weighted by atomic mass is 16.3. The lowest BCUT2D eigenvalue weighted by Gasteiger charge is -2.07. The van der Waals surface area contributed by atoms with Gasteiger partial charge in [0.1, 0.15) is 5.75 Å². The Kier molecular flexibility index (Phi) is 3.90. The summed E-state index contributed by atoms with van der Waals surface area (Å²) in [6.45, 7) is 6.78. The summed E-state index contributed by atoms with van der Waals surface area (Å²) < 4.78 is 0. The van der Waals surface area contributed by atoms with Crippen molar-refractivity contribution in [1.82, 2.24) is 0 Å². The summed E-state index contributed by atoms with van der Waals surface area (Å²) in [5.74, 6) is 1.65. The molecule has 0 bridgehead atoms. The smallest absolute Gasteiger partial charge is 0.122 e. The van der Waals surface area contributed by atoms with E-state index in [0.29, 0.717) is 17.6 Å². The normalized spacial score (nSPS) is 21.7. The molecule has 0 radical (unpaired) electrons. The molecule has 96 valence electrons. The van der Waals surface area contributed by atoms with Crippen molar-refractivity contribution < 1.29 is 5.11 Å². The molecule has 2 rings (SSSR count). The quantitative estimate of drug-likeness (QED) is 0.808. The van der Waals surface area contributed by atoms with Crippen molar-refractivity contribution in [3.63, 3.8) is 0 Å². The molecule has 0 spiro atoms. The Bertz CT molecular complexity index is 480. The number of benzene rings is 1. The molecule has 0 saturated carbocycles. The third-order valence-electron chi connectivity index (χ3n) is 3.44. The Hall–Kier alpha value is -1.50. The molecule has 1 atom stereocenters. The minimum absolute atomic E-state index is 0.364. The van der Waals surface area contributed by atoms with Gasteiger partial charge in [0, 0.05) is 5.56 Å². The standard InChI is InChI=1S/C17H22O/c1-12(2)8-14-9-13(3)16(10-14)11-15-6-4-5-7-17(15)18/h4-7,10-13,18H,8-9H2,1-3H3/b16-11-. The van der Waals surface area contributed by atoms with Crippen LogP contribution in [0.2, 0.25) is 0 Å². The molecular formula is C17H22O. The van der Waals surface area contributed by atoms with Crippen LogP contribution in [0.15, 0.2) is 41.5 Å². The Morgan fingerprint density at radius 1 is 1.33 bits per heavy atom. The SMILES string of the molecule is CC(C)CC1=C/C(=C/c2ccccc2O)C(C)C1. The van der Waals surface area contributed by atoms with E-state index in [4.69, 9.17) is 0 Å². The van der Waals surface area contributed by atoms with Gasteiger partial charge < -0.3 is 5.11 Å². The van der Waals surface area contributed by atoms with Crippen LogP contribution in [0.25, 0.3) is 6.08 Å². The molecule has 1 aromatic rings. The first-order chi connectivity index (χ1) is 8.56. The summed E-state index contributed by atoms with van der Waals surface area (Å²) in [5.41, 5.74) is 3.80. The van der Waals surface area contributed by atoms with Crippen LogP contribution in [-0.4, -0.2) is 5.11 Å². The fourth-order valence-electron chi connectivity index (χ4n) is 2.59. The topological polar surface area (TPSA) is 20.2 Å². The number of para-hydroxylation sites is 1. The van der Waals surface area contributed by atoms with Gasteiger partial charge in [0.15, 0.2) is 0 Å². The minimum atomic E-state index is 0.364. The van der Waals surface area contributed by atoms with Crippen molar-refractivity contribution in [2.45, 2.75) is 33.6 Å². The van der Waals surface area contributed by atoms with Gasteiger partial charge in [-0.25, -0.2) is 0 Å². The number of aromatic hydroxyl groups is 1. The van der Waals surface area contributed by atoms with E-state index in [1.165, 1.54) is 12.0 Å². The van der Waals surface area contributed by atoms with Gasteiger partial charge in [-0.2, -0.15) is 0 Å². The third kappa shape index (κ3) is 3.04. The largest absolute Gasteiger partial charge is 0.507 e. The first-order valence-corrected chi connectivity index (χ1v) is 6.75. The first kappa shape index (κ1) is 12.9. The summed E-state index contributed by atoms with van der Waals surface area (Å²) in [7, 11) is 0. The number of rotatable bonds is 3. The molecule has 1 unspecified atom stereocenters. The zero-order valence-corrected chi connectivity index (χ0v) is 11.5. The molecule has 0 fully saturated rings. The predicted octanol–water partition coefficient (Wildman–Crippen LogP) is 4.79. The number of hydrogen-bond acceptors (Lipinski definition) is 1. The highest BCUT2D eigenvalue weighted by Crippen LogP contribution is 2.35. The van der Waals surface area contributed by atoms with Gasteiger partial charge in [-0.15, -0.1) is 0 Å². The van der Waals surface area contributed by atoms with Crippen molar-refractivity contribution in [3.8, 4) is 5.75 Å². The second-order valence-corrected chi connectivity index (χ2v) is 5.71. The molecule has 1 aliphatic rings. The van der Waals surface area contributed by atoms with Crippen LogP contribution in [0.5, 0.6) is 5.75 Å². The lowest BCUT2D eigenvalue weighted by Crippen LogP contribution is -1.93. The number of phenolic OH excluding ortho intramolecular Hbond substituents is 1. The molecule has 0 aliphatic heterocycles. The maximum absolute atomic E-state index is 9.80. The molecule has 0 amide bonds. The Morgan fingerprint density at radius 2 is 2.06 bits per heavy atom. The molecule has 1 heteroatoms. The summed E-state index contributed by atoms with van der Waals surface area (Å²) in [4.78, 5) is 0. The van der Waals surface area contributed by atoms with Crippen molar-refractivity contribution in [3.05, 3.63) is 47.1 Å². The van der Waals surface area contributed by atoms with E-state index in [9.17, 15) is 5.11 Å². The second kappa shape index (κ2) is 5.43. The van der Waals surface area contributed by atoms with Gasteiger partial charge in [-0.1, -0.05) is 50.6 Å². The molecule has 0 saturated heterocycles. The Balaban J connectivity index is 2.23. The van der Waals surface area contributed by atoms with Gasteiger partial charge in [0.2, 0.25) is 0 Å². The van der Waals surface area contributed by atoms with Crippen LogP contribution >= 0.6 is 0 Å². The van der Waals surface area contributed by atoms with E-state index < -0.39 is 0 Å². The van der Waals surface area contributed by atoms with Crippen molar-refractivity contribution in [1.29, 1.82) is 0 Å². The van der Waals surface area contributed by atoms with E-state index in [0.717, 1.165) is 12.0 Å². The molecule has 1 aliphatic carbocycles. The van der Waals surface area contributed by atoms with Crippen LogP contribution in [0.4, 0.5) is 0 Å². The first-order valence-electron chi connectivity index (χ1n) is 6.75. The number of allylic oxidation sites excluding steroid dienone is 3. The van der Waals surface area contributed by atoms with E-state index in [2.05, 4.69) is 32.9 Å². The third-order valence-corrected chi connectivity index (χ3v) is 3.44. The Labute approximate surface area is 110 Å². The number of phenols is 1. The van der Waals surface area contributed by atoms with Gasteiger partial charge >= 0.3 is 0 Å². The zero-order valence-electron chi connectivity index (χ0n) is 11.5. The number of hydrogen-bond donors (Lipinski definition) is 1. The lowest BCUT2D eigenvalue weighted by atomic mass is 9.98. The predicted molar refractivity (Wildman–Crippen MR) is 77.4 cm³/mol. The molecule has 1 nitrogen and oxygen atoms in total. The van der Waals surface area contributed by atoms with Gasteiger partial charge in [0.05, 0.1) is 0 Å². The monoisotopic (exact) mass is 242 g/mol. The Morgan fingerprint density at radius 3 is 2.72 bits per heavy atom. The molecule has 0 heterocycles. The van der Waals surface area contributed by atoms with Crippen LogP contribution in [0.3, 0.4) is 0 Å². The van der Waals surface area contributed by atoms with E-state index in [1.54, 1.807) is 11.6 Å². The second-order valence-electron chi connectivity index (χ2n) is 5.71. The van der Waals surface area contributed by atoms with Crippen molar-refractivity contribution in [2.75, 3.05) is 0 Å². The highest BCUT2D eigenvalue weighted by Gasteiger charge is 2.18. The van der Waals surface area contributed by atoms with E-state index >= 15 is 0 Å². The molecule has 1 N–H and O–H groups in total. The average Bonchev–Trinajstić information content (AvgIpc) is 2.61. The van der Waals surface area contributed by atoms with E-state index in [-0.39, 0.29) is 0 Å². The van der Waals surface area contributed by atoms with Crippen molar-refractivity contribution >= 4 is 6.08 Å². The minimum Gasteiger partial charge on any atom is -0.507 e. The van der Waals surface area contributed by atoms with Crippen molar-refractivity contribution in [2.24, 2.45) is 11.8 Å². The fraction of sp³-hybridized carbons (Fsp3) is 0.412. The average molecular weight is 242 g/mol. The maximum atomic E-state index is 9.80. The van der Waals surface area contributed by atoms with Crippen LogP contribution in [0, 0.1) is 11.8 Å². The van der Waals surface area contributed by atoms with E-state index in [1.807, 2.05) is 18.2 Å². The zero-order chi connectivity index (χ0) is 13.1. The van der Waals surface area contributed by atoms with Gasteiger partial charge in [0.25, 0.3) is 0 Å². The maximum Gasteiger partial charge on any atom is 0.122 e. The van der Waals surface area contributed by atoms with Gasteiger partial charge in [-0.05, 0) is 42.4 Å². The summed E-state index contributed by atoms with van der Waals surface area (Å²) in [6.07, 6.45) is 6.78. The van der Waals surface area contributed by atoms with Crippen LogP contribution < -0.4 is 0 Å². The van der Waals surface area contributed by atoms with Crippen LogP contribution in [0.1, 0.15) is 39.2 Å². The summed E-state index contributed by atoms with van der Waals surface area (Å²) in [5, 5.41) is 9.80. The van der Waals surface area contributed by atoms with Gasteiger partial charge in [-0.3, -0.25) is 0 Å². The molecule has 0 aromatic heterocycles. The molecular weight excluding hydrogens is 220 g/mol. The molecule has 18 heavy (non-hydrogen) atoms. The highest BCUT2D eigenvalue weighted by molar-refractivity contribution is 5.63.